The van der Waals surface area contributed by atoms with E-state index in [1.807, 2.05) is 30.0 Å². The van der Waals surface area contributed by atoms with Crippen molar-refractivity contribution in [2.24, 2.45) is 11.7 Å². The molecule has 2 unspecified atom stereocenters. The summed E-state index contributed by atoms with van der Waals surface area (Å²) >= 11 is 0. The van der Waals surface area contributed by atoms with E-state index in [9.17, 15) is 4.79 Å². The maximum Gasteiger partial charge on any atom is 0.223 e. The number of nitrogens with two attached hydrogens (primary N) is 1. The van der Waals surface area contributed by atoms with E-state index in [0.717, 1.165) is 6.54 Å². The summed E-state index contributed by atoms with van der Waals surface area (Å²) in [6.07, 6.45) is 0.592. The van der Waals surface area contributed by atoms with E-state index in [2.05, 4.69) is 19.1 Å². The van der Waals surface area contributed by atoms with Gasteiger partial charge in [-0.1, -0.05) is 30.3 Å². The molecule has 0 spiro atoms. The van der Waals surface area contributed by atoms with Crippen LogP contribution in [0.5, 0.6) is 0 Å². The fraction of sp³-hybridized carbons (Fsp3) is 0.500. The van der Waals surface area contributed by atoms with Crippen molar-refractivity contribution in [1.82, 2.24) is 4.90 Å². The van der Waals surface area contributed by atoms with Gasteiger partial charge in [-0.15, -0.1) is 0 Å². The third-order valence-electron chi connectivity index (χ3n) is 3.68. The maximum absolute atomic E-state index is 12.0. The number of hydrogen-bond donors (Lipinski definition) is 1. The quantitative estimate of drug-likeness (QED) is 0.865. The lowest BCUT2D eigenvalue weighted by Gasteiger charge is -2.25. The zero-order valence-corrected chi connectivity index (χ0v) is 10.5. The van der Waals surface area contributed by atoms with E-state index in [0.29, 0.717) is 12.3 Å². The molecule has 17 heavy (non-hydrogen) atoms. The molecule has 1 aliphatic rings. The molecular weight excluding hydrogens is 212 g/mol. The predicted octanol–water partition coefficient (Wildman–Crippen LogP) is 1.94. The molecule has 0 aliphatic carbocycles. The first kappa shape index (κ1) is 12.1. The van der Waals surface area contributed by atoms with Crippen LogP contribution in [-0.4, -0.2) is 23.4 Å². The molecule has 1 heterocycles. The van der Waals surface area contributed by atoms with Crippen molar-refractivity contribution in [3.05, 3.63) is 35.9 Å². The summed E-state index contributed by atoms with van der Waals surface area (Å²) in [6, 6.07) is 10.4. The van der Waals surface area contributed by atoms with E-state index >= 15 is 0 Å². The van der Waals surface area contributed by atoms with Crippen LogP contribution in [0.15, 0.2) is 30.3 Å². The Labute approximate surface area is 103 Å². The van der Waals surface area contributed by atoms with Gasteiger partial charge in [0.15, 0.2) is 0 Å². The number of likely N-dealkylation sites (tertiary alicyclic amines) is 1. The molecule has 0 radical (unpaired) electrons. The first-order chi connectivity index (χ1) is 8.09. The van der Waals surface area contributed by atoms with Crippen LogP contribution in [0.4, 0.5) is 0 Å². The number of carbonyl (C=O) groups excluding carboxylic acids is 1. The van der Waals surface area contributed by atoms with Gasteiger partial charge in [0.05, 0.1) is 6.04 Å². The highest BCUT2D eigenvalue weighted by Crippen LogP contribution is 2.29. The molecule has 0 aromatic heterocycles. The minimum atomic E-state index is 0.0897. The van der Waals surface area contributed by atoms with Crippen molar-refractivity contribution in [3.63, 3.8) is 0 Å². The Hall–Kier alpha value is -1.35. The highest BCUT2D eigenvalue weighted by atomic mass is 16.2. The first-order valence-electron chi connectivity index (χ1n) is 6.19. The lowest BCUT2D eigenvalue weighted by atomic mass is 10.0. The van der Waals surface area contributed by atoms with Gasteiger partial charge >= 0.3 is 0 Å². The van der Waals surface area contributed by atoms with Crippen molar-refractivity contribution >= 4 is 5.91 Å². The average Bonchev–Trinajstić information content (AvgIpc) is 2.72. The van der Waals surface area contributed by atoms with E-state index in [1.54, 1.807) is 0 Å². The van der Waals surface area contributed by atoms with Gasteiger partial charge in [0.1, 0.15) is 0 Å². The Morgan fingerprint density at radius 1 is 1.29 bits per heavy atom. The van der Waals surface area contributed by atoms with E-state index in [-0.39, 0.29) is 18.0 Å². The van der Waals surface area contributed by atoms with Crippen LogP contribution in [0, 0.1) is 5.92 Å². The van der Waals surface area contributed by atoms with Crippen molar-refractivity contribution < 1.29 is 4.79 Å². The molecule has 2 N–H and O–H groups in total. The van der Waals surface area contributed by atoms with Gasteiger partial charge in [0.2, 0.25) is 5.91 Å². The lowest BCUT2D eigenvalue weighted by molar-refractivity contribution is -0.129. The Morgan fingerprint density at radius 3 is 2.47 bits per heavy atom. The SMILES string of the molecule is CC(N)C1CC(=O)N([C@H](C)c2ccccc2)C1. The summed E-state index contributed by atoms with van der Waals surface area (Å²) in [6.45, 7) is 4.85. The van der Waals surface area contributed by atoms with E-state index in [1.165, 1.54) is 5.56 Å². The monoisotopic (exact) mass is 232 g/mol. The zero-order chi connectivity index (χ0) is 12.4. The summed E-state index contributed by atoms with van der Waals surface area (Å²) in [5.41, 5.74) is 7.07. The smallest absolute Gasteiger partial charge is 0.223 e. The molecule has 0 saturated carbocycles. The van der Waals surface area contributed by atoms with Crippen LogP contribution in [0.1, 0.15) is 31.9 Å². The van der Waals surface area contributed by atoms with Crippen LogP contribution < -0.4 is 5.73 Å². The number of nitrogens with zero attached hydrogens (tertiary/aromatic N) is 1. The van der Waals surface area contributed by atoms with Gasteiger partial charge in [0.25, 0.3) is 0 Å². The molecular formula is C14H20N2O. The van der Waals surface area contributed by atoms with Crippen LogP contribution in [0.25, 0.3) is 0 Å². The standard InChI is InChI=1S/C14H20N2O/c1-10(15)13-8-14(17)16(9-13)11(2)12-6-4-3-5-7-12/h3-7,10-11,13H,8-9,15H2,1-2H3/t10?,11-,13?/m1/s1. The molecule has 1 aromatic rings. The second kappa shape index (κ2) is 4.88. The van der Waals surface area contributed by atoms with Gasteiger partial charge < -0.3 is 10.6 Å². The fourth-order valence-electron chi connectivity index (χ4n) is 2.40. The van der Waals surface area contributed by atoms with Gasteiger partial charge in [0, 0.05) is 24.9 Å². The molecule has 1 amide bonds. The first-order valence-corrected chi connectivity index (χ1v) is 6.19. The fourth-order valence-corrected chi connectivity index (χ4v) is 2.40. The molecule has 0 bridgehead atoms. The Bertz CT molecular complexity index is 388. The Balaban J connectivity index is 2.11. The molecule has 1 aromatic carbocycles. The van der Waals surface area contributed by atoms with Gasteiger partial charge in [-0.2, -0.15) is 0 Å². The van der Waals surface area contributed by atoms with Gasteiger partial charge in [-0.05, 0) is 19.4 Å². The average molecular weight is 232 g/mol. The third kappa shape index (κ3) is 2.50. The van der Waals surface area contributed by atoms with Gasteiger partial charge in [-0.3, -0.25) is 4.79 Å². The minimum Gasteiger partial charge on any atom is -0.336 e. The Kier molecular flexibility index (Phi) is 3.48. The second-order valence-corrected chi connectivity index (χ2v) is 4.96. The highest BCUT2D eigenvalue weighted by Gasteiger charge is 2.34. The summed E-state index contributed by atoms with van der Waals surface area (Å²) in [5.74, 6) is 0.525. The second-order valence-electron chi connectivity index (χ2n) is 4.96. The summed E-state index contributed by atoms with van der Waals surface area (Å²) in [5, 5.41) is 0. The number of hydrogen-bond acceptors (Lipinski definition) is 2. The normalized spacial score (nSPS) is 23.8. The molecule has 2 rings (SSSR count). The largest absolute Gasteiger partial charge is 0.336 e. The van der Waals surface area contributed by atoms with Crippen molar-refractivity contribution in [2.45, 2.75) is 32.4 Å². The summed E-state index contributed by atoms with van der Waals surface area (Å²) in [7, 11) is 0. The van der Waals surface area contributed by atoms with E-state index in [4.69, 9.17) is 5.73 Å². The molecule has 92 valence electrons. The van der Waals surface area contributed by atoms with Crippen LogP contribution in [0.2, 0.25) is 0 Å². The number of rotatable bonds is 3. The number of amides is 1. The van der Waals surface area contributed by atoms with Crippen molar-refractivity contribution in [1.29, 1.82) is 0 Å². The van der Waals surface area contributed by atoms with Crippen molar-refractivity contribution in [3.8, 4) is 0 Å². The van der Waals surface area contributed by atoms with Crippen LogP contribution >= 0.6 is 0 Å². The van der Waals surface area contributed by atoms with Crippen LogP contribution in [-0.2, 0) is 4.79 Å². The minimum absolute atomic E-state index is 0.0897. The molecule has 3 atom stereocenters. The molecule has 1 saturated heterocycles. The Morgan fingerprint density at radius 2 is 1.94 bits per heavy atom. The van der Waals surface area contributed by atoms with Crippen LogP contribution in [0.3, 0.4) is 0 Å². The highest BCUT2D eigenvalue weighted by molar-refractivity contribution is 5.79. The predicted molar refractivity (Wildman–Crippen MR) is 68.3 cm³/mol. The molecule has 3 heteroatoms. The summed E-state index contributed by atoms with van der Waals surface area (Å²) in [4.78, 5) is 13.9. The molecule has 1 fully saturated rings. The maximum atomic E-state index is 12.0. The van der Waals surface area contributed by atoms with Crippen molar-refractivity contribution in [2.75, 3.05) is 6.54 Å². The number of benzene rings is 1. The zero-order valence-electron chi connectivity index (χ0n) is 10.5. The topological polar surface area (TPSA) is 46.3 Å². The lowest BCUT2D eigenvalue weighted by Crippen LogP contribution is -2.32. The molecule has 3 nitrogen and oxygen atoms in total. The molecule has 1 aliphatic heterocycles. The van der Waals surface area contributed by atoms with E-state index < -0.39 is 0 Å². The van der Waals surface area contributed by atoms with Gasteiger partial charge in [-0.25, -0.2) is 0 Å². The third-order valence-corrected chi connectivity index (χ3v) is 3.68. The summed E-state index contributed by atoms with van der Waals surface area (Å²) < 4.78 is 0. The number of carbonyl (C=O) groups is 1.